The zero-order valence-electron chi connectivity index (χ0n) is 17.8. The van der Waals surface area contributed by atoms with Crippen LogP contribution in [0.15, 0.2) is 52.5 Å². The number of anilines is 1. The molecule has 3 aromatic rings. The molecule has 0 aliphatic rings. The van der Waals surface area contributed by atoms with E-state index in [1.165, 1.54) is 18.9 Å². The minimum absolute atomic E-state index is 0.0759. The van der Waals surface area contributed by atoms with Crippen LogP contribution in [0, 0.1) is 6.92 Å². The van der Waals surface area contributed by atoms with Gasteiger partial charge in [-0.3, -0.25) is 4.79 Å². The maximum absolute atomic E-state index is 12.8. The van der Waals surface area contributed by atoms with Gasteiger partial charge in [-0.1, -0.05) is 41.1 Å². The first-order valence-corrected chi connectivity index (χ1v) is 12.7. The number of rotatable bonds is 9. The number of ether oxygens (including phenoxy) is 1. The van der Waals surface area contributed by atoms with E-state index in [0.717, 1.165) is 5.56 Å². The molecule has 2 aromatic carbocycles. The highest BCUT2D eigenvalue weighted by atomic mass is 35.5. The summed E-state index contributed by atoms with van der Waals surface area (Å²) in [6.07, 6.45) is 0. The van der Waals surface area contributed by atoms with Gasteiger partial charge in [-0.2, -0.15) is 0 Å². The molecule has 1 amide bonds. The van der Waals surface area contributed by atoms with Gasteiger partial charge in [0.2, 0.25) is 5.91 Å². The number of aryl methyl sites for hydroxylation is 1. The predicted molar refractivity (Wildman–Crippen MR) is 125 cm³/mol. The van der Waals surface area contributed by atoms with Crippen LogP contribution in [0.25, 0.3) is 0 Å². The number of amides is 1. The quantitative estimate of drug-likeness (QED) is 0.449. The van der Waals surface area contributed by atoms with Crippen molar-refractivity contribution < 1.29 is 17.9 Å². The number of hydrogen-bond donors (Lipinski definition) is 1. The van der Waals surface area contributed by atoms with E-state index in [1.54, 1.807) is 47.0 Å². The average molecular weight is 495 g/mol. The molecular formula is C21H23ClN4O4S2. The molecule has 0 spiro atoms. The molecule has 0 unspecified atom stereocenters. The van der Waals surface area contributed by atoms with Crippen molar-refractivity contribution in [2.45, 2.75) is 36.2 Å². The molecule has 32 heavy (non-hydrogen) atoms. The van der Waals surface area contributed by atoms with Crippen molar-refractivity contribution in [3.8, 4) is 5.75 Å². The highest BCUT2D eigenvalue weighted by molar-refractivity contribution is 7.99. The molecule has 170 valence electrons. The molecule has 0 saturated heterocycles. The van der Waals surface area contributed by atoms with E-state index >= 15 is 0 Å². The lowest BCUT2D eigenvalue weighted by atomic mass is 10.2. The summed E-state index contributed by atoms with van der Waals surface area (Å²) in [5, 5.41) is 11.8. The van der Waals surface area contributed by atoms with Gasteiger partial charge in [0, 0.05) is 12.2 Å². The lowest BCUT2D eigenvalue weighted by Gasteiger charge is -2.09. The number of aromatic nitrogens is 3. The van der Waals surface area contributed by atoms with Crippen molar-refractivity contribution in [1.82, 2.24) is 14.8 Å². The average Bonchev–Trinajstić information content (AvgIpc) is 3.13. The second-order valence-corrected chi connectivity index (χ2v) is 10.2. The molecule has 0 radical (unpaired) electrons. The number of nitrogens with one attached hydrogen (secondary N) is 1. The predicted octanol–water partition coefficient (Wildman–Crippen LogP) is 3.97. The van der Waals surface area contributed by atoms with E-state index in [1.807, 2.05) is 13.8 Å². The smallest absolute Gasteiger partial charge is 0.234 e. The van der Waals surface area contributed by atoms with Crippen molar-refractivity contribution in [3.63, 3.8) is 0 Å². The Labute approximate surface area is 196 Å². The summed E-state index contributed by atoms with van der Waals surface area (Å²) >= 11 is 7.26. The summed E-state index contributed by atoms with van der Waals surface area (Å²) in [5.41, 5.74) is 1.53. The van der Waals surface area contributed by atoms with Gasteiger partial charge >= 0.3 is 0 Å². The van der Waals surface area contributed by atoms with Crippen molar-refractivity contribution >= 4 is 44.8 Å². The molecule has 8 nitrogen and oxygen atoms in total. The number of carbonyl (C=O) groups excluding carboxylic acids is 1. The standard InChI is InChI=1S/C21H23ClN4O4S2/c1-4-26-19(13-32(28,29)16-8-5-14(2)6-9-16)24-25-21(26)31-12-20(27)23-15-7-10-18(30-3)17(22)11-15/h5-11H,4,12-13H2,1-3H3,(H,23,27). The fourth-order valence-electron chi connectivity index (χ4n) is 2.92. The van der Waals surface area contributed by atoms with Crippen molar-refractivity contribution in [2.24, 2.45) is 0 Å². The second kappa shape index (κ2) is 10.4. The summed E-state index contributed by atoms with van der Waals surface area (Å²) < 4.78 is 32.3. The summed E-state index contributed by atoms with van der Waals surface area (Å²) in [6.45, 7) is 4.24. The molecule has 0 aliphatic heterocycles. The zero-order valence-corrected chi connectivity index (χ0v) is 20.2. The Bertz CT molecular complexity index is 1210. The van der Waals surface area contributed by atoms with Gasteiger partial charge in [0.1, 0.15) is 17.3 Å². The number of nitrogens with zero attached hydrogens (tertiary/aromatic N) is 3. The topological polar surface area (TPSA) is 103 Å². The van der Waals surface area contributed by atoms with E-state index in [4.69, 9.17) is 16.3 Å². The number of hydrogen-bond acceptors (Lipinski definition) is 7. The number of benzene rings is 2. The highest BCUT2D eigenvalue weighted by Gasteiger charge is 2.21. The van der Waals surface area contributed by atoms with Gasteiger partial charge < -0.3 is 14.6 Å². The van der Waals surface area contributed by atoms with Gasteiger partial charge in [0.15, 0.2) is 15.0 Å². The summed E-state index contributed by atoms with van der Waals surface area (Å²) in [5.74, 6) is 0.400. The van der Waals surface area contributed by atoms with Crippen molar-refractivity contribution in [3.05, 3.63) is 58.9 Å². The molecule has 1 aromatic heterocycles. The van der Waals surface area contributed by atoms with Gasteiger partial charge in [-0.25, -0.2) is 8.42 Å². The third kappa shape index (κ3) is 5.81. The van der Waals surface area contributed by atoms with E-state index in [9.17, 15) is 13.2 Å². The van der Waals surface area contributed by atoms with Crippen LogP contribution in [0.3, 0.4) is 0 Å². The van der Waals surface area contributed by atoms with Gasteiger partial charge in [0.05, 0.1) is 22.8 Å². The lowest BCUT2D eigenvalue weighted by Crippen LogP contribution is -2.15. The maximum Gasteiger partial charge on any atom is 0.234 e. The molecule has 0 atom stereocenters. The monoisotopic (exact) mass is 494 g/mol. The lowest BCUT2D eigenvalue weighted by molar-refractivity contribution is -0.113. The van der Waals surface area contributed by atoms with E-state index in [-0.39, 0.29) is 22.3 Å². The fourth-order valence-corrected chi connectivity index (χ4v) is 5.27. The third-order valence-electron chi connectivity index (χ3n) is 4.58. The van der Waals surface area contributed by atoms with Crippen LogP contribution in [0.4, 0.5) is 5.69 Å². The van der Waals surface area contributed by atoms with E-state index < -0.39 is 9.84 Å². The van der Waals surface area contributed by atoms with E-state index in [0.29, 0.717) is 34.0 Å². The Balaban J connectivity index is 1.66. The first kappa shape index (κ1) is 24.1. The molecule has 0 fully saturated rings. The Kier molecular flexibility index (Phi) is 7.81. The molecule has 11 heteroatoms. The first-order valence-electron chi connectivity index (χ1n) is 9.71. The largest absolute Gasteiger partial charge is 0.495 e. The Morgan fingerprint density at radius 1 is 1.19 bits per heavy atom. The fraction of sp³-hybridized carbons (Fsp3) is 0.286. The number of carbonyl (C=O) groups is 1. The molecule has 0 aliphatic carbocycles. The zero-order chi connectivity index (χ0) is 23.3. The van der Waals surface area contributed by atoms with Gasteiger partial charge in [-0.05, 0) is 44.2 Å². The Morgan fingerprint density at radius 3 is 2.53 bits per heavy atom. The summed E-state index contributed by atoms with van der Waals surface area (Å²) in [4.78, 5) is 12.6. The van der Waals surface area contributed by atoms with E-state index in [2.05, 4.69) is 15.5 Å². The normalized spacial score (nSPS) is 11.4. The minimum atomic E-state index is -3.57. The van der Waals surface area contributed by atoms with Crippen molar-refractivity contribution in [1.29, 1.82) is 0 Å². The second-order valence-electron chi connectivity index (χ2n) is 6.90. The number of sulfone groups is 1. The summed E-state index contributed by atoms with van der Waals surface area (Å²) in [7, 11) is -2.05. The first-order chi connectivity index (χ1) is 15.2. The van der Waals surface area contributed by atoms with Crippen molar-refractivity contribution in [2.75, 3.05) is 18.2 Å². The maximum atomic E-state index is 12.8. The minimum Gasteiger partial charge on any atom is -0.495 e. The van der Waals surface area contributed by atoms with Crippen LogP contribution >= 0.6 is 23.4 Å². The number of thioether (sulfide) groups is 1. The van der Waals surface area contributed by atoms with Crippen LogP contribution < -0.4 is 10.1 Å². The Morgan fingerprint density at radius 2 is 1.91 bits per heavy atom. The van der Waals surface area contributed by atoms with Crippen LogP contribution in [-0.4, -0.2) is 42.0 Å². The summed E-state index contributed by atoms with van der Waals surface area (Å²) in [6, 6.07) is 11.6. The molecule has 0 saturated carbocycles. The SMILES string of the molecule is CCn1c(CS(=O)(=O)c2ccc(C)cc2)nnc1SCC(=O)Nc1ccc(OC)c(Cl)c1. The third-order valence-corrected chi connectivity index (χ3v) is 7.47. The van der Waals surface area contributed by atoms with Gasteiger partial charge in [0.25, 0.3) is 0 Å². The van der Waals surface area contributed by atoms with Gasteiger partial charge in [-0.15, -0.1) is 10.2 Å². The molecule has 1 heterocycles. The molecule has 0 bridgehead atoms. The number of halogens is 1. The molecule has 3 rings (SSSR count). The van der Waals surface area contributed by atoms with Crippen LogP contribution in [0.5, 0.6) is 5.75 Å². The number of methoxy groups -OCH3 is 1. The molecular weight excluding hydrogens is 472 g/mol. The van der Waals surface area contributed by atoms with Crippen LogP contribution in [0.2, 0.25) is 5.02 Å². The molecule has 1 N–H and O–H groups in total. The van der Waals surface area contributed by atoms with Crippen LogP contribution in [-0.2, 0) is 26.9 Å². The Hall–Kier alpha value is -2.56. The van der Waals surface area contributed by atoms with Crippen LogP contribution in [0.1, 0.15) is 18.3 Å². The highest BCUT2D eigenvalue weighted by Crippen LogP contribution is 2.27.